The molecule has 0 radical (unpaired) electrons. The first-order valence-electron chi connectivity index (χ1n) is 6.10. The van der Waals surface area contributed by atoms with Gasteiger partial charge in [-0.2, -0.15) is 0 Å². The number of nitrogens with zero attached hydrogens (tertiary/aromatic N) is 3. The first-order chi connectivity index (χ1) is 10.3. The predicted molar refractivity (Wildman–Crippen MR) is 90.3 cm³/mol. The molecule has 0 aliphatic rings. The van der Waals surface area contributed by atoms with Crippen molar-refractivity contribution in [3.05, 3.63) is 32.2 Å². The van der Waals surface area contributed by atoms with E-state index < -0.39 is 39.8 Å². The summed E-state index contributed by atoms with van der Waals surface area (Å²) in [6, 6.07) is 0. The maximum atomic E-state index is 12.7. The second kappa shape index (κ2) is 8.92. The molecule has 0 aromatic heterocycles. The fourth-order valence-corrected chi connectivity index (χ4v) is 4.81. The van der Waals surface area contributed by atoms with Crippen molar-refractivity contribution in [1.29, 1.82) is 0 Å². The quantitative estimate of drug-likeness (QED) is 0.271. The van der Waals surface area contributed by atoms with Gasteiger partial charge >= 0.3 is 0 Å². The third-order valence-electron chi connectivity index (χ3n) is 2.72. The van der Waals surface area contributed by atoms with E-state index >= 15 is 0 Å². The Morgan fingerprint density at radius 1 is 0.652 bits per heavy atom. The highest BCUT2D eigenvalue weighted by Gasteiger charge is 2.30. The van der Waals surface area contributed by atoms with Crippen LogP contribution in [0.1, 0.15) is 0 Å². The molecule has 11 heteroatoms. The monoisotopic (exact) mass is 485 g/mol. The zero-order valence-corrected chi connectivity index (χ0v) is 17.5. The van der Waals surface area contributed by atoms with E-state index in [1.54, 1.807) is 14.0 Å². The van der Waals surface area contributed by atoms with Crippen LogP contribution >= 0.6 is 39.5 Å². The molecule has 0 saturated heterocycles. The summed E-state index contributed by atoms with van der Waals surface area (Å²) in [5.41, 5.74) is 0. The Morgan fingerprint density at radius 2 is 0.913 bits per heavy atom. The molecule has 0 bridgehead atoms. The summed E-state index contributed by atoms with van der Waals surface area (Å²) >= 11 is 4.86. The smallest absolute Gasteiger partial charge is 0.270 e. The van der Waals surface area contributed by atoms with Gasteiger partial charge in [0.05, 0.1) is 8.95 Å². The summed E-state index contributed by atoms with van der Waals surface area (Å²) in [5, 5.41) is 0. The van der Waals surface area contributed by atoms with Gasteiger partial charge in [0.1, 0.15) is 0 Å². The lowest BCUT2D eigenvalue weighted by Gasteiger charge is -2.34. The van der Waals surface area contributed by atoms with Crippen LogP contribution in [0.3, 0.4) is 0 Å². The summed E-state index contributed by atoms with van der Waals surface area (Å²) < 4.78 is 66.0. The fraction of sp³-hybridized carbons (Fsp3) is 0.500. The Hall–Kier alpha value is 0.01000. The van der Waals surface area contributed by atoms with Crippen LogP contribution in [0.5, 0.6) is 0 Å². The van der Waals surface area contributed by atoms with E-state index in [9.17, 15) is 22.1 Å². The average molecular weight is 487 g/mol. The highest BCUT2D eigenvalue weighted by atomic mass is 79.9. The third kappa shape index (κ3) is 4.99. The van der Waals surface area contributed by atoms with E-state index in [0.29, 0.717) is 0 Å². The van der Waals surface area contributed by atoms with Gasteiger partial charge in [-0.05, 0) is 74.1 Å². The molecular formula is C12H18Br2F4N3OP. The molecule has 0 N–H and O–H groups in total. The SMILES string of the molecule is CN(C)P(=O)(N(C)C)N(C)C.Fc1c(F)c(Br)c(F)c(Br)c1F. The lowest BCUT2D eigenvalue weighted by atomic mass is 10.3. The largest absolute Gasteiger partial charge is 0.285 e. The fourth-order valence-electron chi connectivity index (χ4n) is 1.65. The average Bonchev–Trinajstić information content (AvgIpc) is 2.48. The molecule has 0 amide bonds. The van der Waals surface area contributed by atoms with Crippen molar-refractivity contribution in [3.63, 3.8) is 0 Å². The number of benzene rings is 1. The van der Waals surface area contributed by atoms with Crippen LogP contribution in [0.15, 0.2) is 8.95 Å². The van der Waals surface area contributed by atoms with Crippen molar-refractivity contribution in [3.8, 4) is 0 Å². The van der Waals surface area contributed by atoms with Crippen molar-refractivity contribution in [2.75, 3.05) is 42.3 Å². The van der Waals surface area contributed by atoms with Gasteiger partial charge in [0.25, 0.3) is 7.59 Å². The first-order valence-corrected chi connectivity index (χ1v) is 9.25. The van der Waals surface area contributed by atoms with Crippen LogP contribution in [0.2, 0.25) is 0 Å². The van der Waals surface area contributed by atoms with Crippen LogP contribution in [0.25, 0.3) is 0 Å². The van der Waals surface area contributed by atoms with Gasteiger partial charge in [0.15, 0.2) is 23.3 Å². The van der Waals surface area contributed by atoms with Gasteiger partial charge in [-0.3, -0.25) is 4.57 Å². The van der Waals surface area contributed by atoms with Crippen molar-refractivity contribution in [2.24, 2.45) is 0 Å². The van der Waals surface area contributed by atoms with Crippen LogP contribution in [0.4, 0.5) is 17.6 Å². The molecule has 1 aromatic carbocycles. The van der Waals surface area contributed by atoms with Crippen molar-refractivity contribution < 1.29 is 22.1 Å². The Morgan fingerprint density at radius 3 is 1.09 bits per heavy atom. The molecule has 0 heterocycles. The summed E-state index contributed by atoms with van der Waals surface area (Å²) in [6.07, 6.45) is 0. The highest BCUT2D eigenvalue weighted by molar-refractivity contribution is 9.11. The van der Waals surface area contributed by atoms with Gasteiger partial charge in [0, 0.05) is 0 Å². The van der Waals surface area contributed by atoms with Crippen LogP contribution in [-0.4, -0.2) is 56.3 Å². The van der Waals surface area contributed by atoms with Gasteiger partial charge < -0.3 is 0 Å². The van der Waals surface area contributed by atoms with Crippen molar-refractivity contribution >= 4 is 39.5 Å². The topological polar surface area (TPSA) is 26.8 Å². The van der Waals surface area contributed by atoms with Gasteiger partial charge in [0.2, 0.25) is 0 Å². The lowest BCUT2D eigenvalue weighted by Crippen LogP contribution is -2.30. The predicted octanol–water partition coefficient (Wildman–Crippen LogP) is 4.55. The Labute approximate surface area is 150 Å². The minimum Gasteiger partial charge on any atom is -0.270 e. The molecule has 0 saturated carbocycles. The molecule has 23 heavy (non-hydrogen) atoms. The number of halogens is 6. The van der Waals surface area contributed by atoms with E-state index in [1.165, 1.54) is 0 Å². The Kier molecular flexibility index (Phi) is 8.92. The lowest BCUT2D eigenvalue weighted by molar-refractivity contribution is 0.383. The normalized spacial score (nSPS) is 12.0. The van der Waals surface area contributed by atoms with Crippen LogP contribution in [0, 0.1) is 23.3 Å². The highest BCUT2D eigenvalue weighted by Crippen LogP contribution is 2.50. The molecule has 0 unspecified atom stereocenters. The van der Waals surface area contributed by atoms with Gasteiger partial charge in [-0.15, -0.1) is 0 Å². The standard InChI is InChI=1S/C6Br2F4.C6H18N3OP/c7-1-3(9)2(8)5(11)6(12)4(1)10;1-7(2)11(10,8(3)4)9(5)6/h;1-6H3. The van der Waals surface area contributed by atoms with E-state index in [1.807, 2.05) is 42.3 Å². The summed E-state index contributed by atoms with van der Waals surface area (Å²) in [6.45, 7) is 0. The first kappa shape index (κ1) is 23.0. The minimum absolute atomic E-state index is 0.728. The zero-order valence-electron chi connectivity index (χ0n) is 13.5. The molecule has 1 rings (SSSR count). The summed E-state index contributed by atoms with van der Waals surface area (Å²) in [5.74, 6) is -6.07. The molecule has 0 aliphatic heterocycles. The van der Waals surface area contributed by atoms with Gasteiger partial charge in [-0.1, -0.05) is 0 Å². The Bertz CT molecular complexity index is 481. The molecule has 0 atom stereocenters. The summed E-state index contributed by atoms with van der Waals surface area (Å²) in [7, 11) is 8.49. The van der Waals surface area contributed by atoms with E-state index in [2.05, 4.69) is 31.9 Å². The van der Waals surface area contributed by atoms with Crippen molar-refractivity contribution in [1.82, 2.24) is 14.0 Å². The third-order valence-corrected chi connectivity index (χ3v) is 7.24. The Balaban J connectivity index is 0.000000423. The van der Waals surface area contributed by atoms with Crippen LogP contribution < -0.4 is 0 Å². The van der Waals surface area contributed by atoms with Crippen molar-refractivity contribution in [2.45, 2.75) is 0 Å². The number of rotatable bonds is 3. The molecule has 0 spiro atoms. The molecule has 0 fully saturated rings. The minimum atomic E-state index is -2.44. The van der Waals surface area contributed by atoms with E-state index in [4.69, 9.17) is 0 Å². The molecule has 1 aromatic rings. The number of hydrogen-bond acceptors (Lipinski definition) is 1. The molecule has 134 valence electrons. The van der Waals surface area contributed by atoms with E-state index in [0.717, 1.165) is 0 Å². The van der Waals surface area contributed by atoms with Crippen LogP contribution in [-0.2, 0) is 4.57 Å². The molecular weight excluding hydrogens is 469 g/mol. The summed E-state index contributed by atoms with van der Waals surface area (Å²) in [4.78, 5) is 0. The maximum absolute atomic E-state index is 12.7. The number of hydrogen-bond donors (Lipinski definition) is 0. The molecule has 0 aliphatic carbocycles. The molecule has 4 nitrogen and oxygen atoms in total. The maximum Gasteiger partial charge on any atom is 0.285 e. The second-order valence-electron chi connectivity index (χ2n) is 4.94. The zero-order chi connectivity index (χ0) is 18.7. The van der Waals surface area contributed by atoms with Gasteiger partial charge in [-0.25, -0.2) is 31.6 Å². The van der Waals surface area contributed by atoms with E-state index in [-0.39, 0.29) is 0 Å². The second-order valence-corrected chi connectivity index (χ2v) is 9.95.